The zero-order valence-corrected chi connectivity index (χ0v) is 18.2. The summed E-state index contributed by atoms with van der Waals surface area (Å²) < 4.78 is 2.05. The molecule has 3 aromatic rings. The Labute approximate surface area is 182 Å². The van der Waals surface area contributed by atoms with Crippen LogP contribution in [0, 0.1) is 5.92 Å². The van der Waals surface area contributed by atoms with Gasteiger partial charge in [-0.15, -0.1) is 0 Å². The van der Waals surface area contributed by atoms with Crippen molar-refractivity contribution in [1.82, 2.24) is 20.2 Å². The smallest absolute Gasteiger partial charge is 0.324 e. The highest BCUT2D eigenvalue weighted by molar-refractivity contribution is 5.96. The second-order valence-electron chi connectivity index (χ2n) is 8.48. The summed E-state index contributed by atoms with van der Waals surface area (Å²) in [6.45, 7) is 7.26. The first-order valence-electron chi connectivity index (χ1n) is 10.8. The van der Waals surface area contributed by atoms with Gasteiger partial charge >= 0.3 is 6.03 Å². The number of hydrogen-bond acceptors (Lipinski definition) is 3. The second kappa shape index (κ2) is 8.79. The Kier molecular flexibility index (Phi) is 5.93. The van der Waals surface area contributed by atoms with E-state index in [1.165, 1.54) is 0 Å². The molecule has 0 saturated heterocycles. The molecule has 0 aliphatic carbocycles. The van der Waals surface area contributed by atoms with Gasteiger partial charge in [-0.2, -0.15) is 0 Å². The first-order chi connectivity index (χ1) is 14.9. The molecule has 1 aliphatic rings. The van der Waals surface area contributed by atoms with E-state index in [1.54, 1.807) is 4.90 Å². The van der Waals surface area contributed by atoms with Crippen molar-refractivity contribution in [2.45, 2.75) is 45.8 Å². The highest BCUT2D eigenvalue weighted by Gasteiger charge is 2.31. The van der Waals surface area contributed by atoms with E-state index in [0.717, 1.165) is 16.6 Å². The SMILES string of the molecule is CC(C)C[C@H](NC(=O)N1CCn2c1nc1ccccc12)C(=O)N[C@@H](C)c1ccccc1. The molecule has 31 heavy (non-hydrogen) atoms. The third kappa shape index (κ3) is 4.40. The highest BCUT2D eigenvalue weighted by atomic mass is 16.2. The molecule has 0 radical (unpaired) electrons. The van der Waals surface area contributed by atoms with Crippen molar-refractivity contribution in [2.24, 2.45) is 5.92 Å². The lowest BCUT2D eigenvalue weighted by atomic mass is 10.0. The molecule has 7 nitrogen and oxygen atoms in total. The summed E-state index contributed by atoms with van der Waals surface area (Å²) in [7, 11) is 0. The molecule has 0 spiro atoms. The number of imidazole rings is 1. The van der Waals surface area contributed by atoms with Crippen LogP contribution in [0.25, 0.3) is 11.0 Å². The van der Waals surface area contributed by atoms with Crippen LogP contribution in [-0.2, 0) is 11.3 Å². The molecular formula is C24H29N5O2. The van der Waals surface area contributed by atoms with E-state index in [4.69, 9.17) is 0 Å². The summed E-state index contributed by atoms with van der Waals surface area (Å²) >= 11 is 0. The maximum Gasteiger partial charge on any atom is 0.324 e. The van der Waals surface area contributed by atoms with Crippen molar-refractivity contribution >= 4 is 28.9 Å². The van der Waals surface area contributed by atoms with Crippen molar-refractivity contribution in [1.29, 1.82) is 0 Å². The van der Waals surface area contributed by atoms with Gasteiger partial charge in [-0.25, -0.2) is 9.78 Å². The van der Waals surface area contributed by atoms with Crippen molar-refractivity contribution in [2.75, 3.05) is 11.4 Å². The number of nitrogens with zero attached hydrogens (tertiary/aromatic N) is 3. The predicted octanol–water partition coefficient (Wildman–Crippen LogP) is 3.86. The molecule has 0 bridgehead atoms. The van der Waals surface area contributed by atoms with Crippen molar-refractivity contribution in [3.63, 3.8) is 0 Å². The van der Waals surface area contributed by atoms with Gasteiger partial charge in [-0.05, 0) is 37.0 Å². The quantitative estimate of drug-likeness (QED) is 0.637. The number of carbonyl (C=O) groups excluding carboxylic acids is 2. The fraction of sp³-hybridized carbons (Fsp3) is 0.375. The monoisotopic (exact) mass is 419 g/mol. The summed E-state index contributed by atoms with van der Waals surface area (Å²) in [5.41, 5.74) is 2.91. The predicted molar refractivity (Wildman–Crippen MR) is 122 cm³/mol. The number of benzene rings is 2. The number of nitrogens with one attached hydrogen (secondary N) is 2. The normalized spacial score (nSPS) is 15.0. The van der Waals surface area contributed by atoms with E-state index in [2.05, 4.69) is 15.6 Å². The Hall–Kier alpha value is -3.35. The Balaban J connectivity index is 1.48. The summed E-state index contributed by atoms with van der Waals surface area (Å²) in [4.78, 5) is 32.4. The van der Waals surface area contributed by atoms with E-state index >= 15 is 0 Å². The Bertz CT molecular complexity index is 1080. The molecule has 0 saturated carbocycles. The Morgan fingerprint density at radius 1 is 0.968 bits per heavy atom. The standard InChI is InChI=1S/C24H29N5O2/c1-16(2)15-20(22(30)25-17(3)18-9-5-4-6-10-18)27-24(31)29-14-13-28-21-12-8-7-11-19(21)26-23(28)29/h4-12,16-17,20H,13-15H2,1-3H3,(H,25,30)(H,27,31)/t17-,20-/m0/s1. The summed E-state index contributed by atoms with van der Waals surface area (Å²) in [6.07, 6.45) is 0.559. The van der Waals surface area contributed by atoms with Gasteiger partial charge in [0.2, 0.25) is 11.9 Å². The van der Waals surface area contributed by atoms with Crippen LogP contribution in [0.4, 0.5) is 10.7 Å². The van der Waals surface area contributed by atoms with Crippen LogP contribution < -0.4 is 15.5 Å². The van der Waals surface area contributed by atoms with Crippen LogP contribution in [0.5, 0.6) is 0 Å². The van der Waals surface area contributed by atoms with Gasteiger partial charge < -0.3 is 15.2 Å². The highest BCUT2D eigenvalue weighted by Crippen LogP contribution is 2.27. The third-order valence-corrected chi connectivity index (χ3v) is 5.65. The van der Waals surface area contributed by atoms with Gasteiger partial charge in [0.1, 0.15) is 6.04 Å². The number of para-hydroxylation sites is 2. The van der Waals surface area contributed by atoms with E-state index in [1.807, 2.05) is 79.9 Å². The third-order valence-electron chi connectivity index (χ3n) is 5.65. The van der Waals surface area contributed by atoms with E-state index in [0.29, 0.717) is 25.5 Å². The number of urea groups is 1. The maximum atomic E-state index is 13.1. The maximum absolute atomic E-state index is 13.1. The average molecular weight is 420 g/mol. The number of rotatable bonds is 6. The molecule has 0 unspecified atom stereocenters. The topological polar surface area (TPSA) is 79.3 Å². The minimum atomic E-state index is -0.614. The molecular weight excluding hydrogens is 390 g/mol. The number of amides is 3. The van der Waals surface area contributed by atoms with Crippen LogP contribution in [-0.4, -0.2) is 34.1 Å². The molecule has 7 heteroatoms. The van der Waals surface area contributed by atoms with Crippen molar-refractivity contribution < 1.29 is 9.59 Å². The first-order valence-corrected chi connectivity index (χ1v) is 10.8. The van der Waals surface area contributed by atoms with Crippen LogP contribution in [0.3, 0.4) is 0 Å². The fourth-order valence-corrected chi connectivity index (χ4v) is 4.05. The molecule has 1 aliphatic heterocycles. The summed E-state index contributed by atoms with van der Waals surface area (Å²) in [6, 6.07) is 16.6. The van der Waals surface area contributed by atoms with Crippen molar-refractivity contribution in [3.8, 4) is 0 Å². The molecule has 2 heterocycles. The molecule has 2 N–H and O–H groups in total. The number of aromatic nitrogens is 2. The van der Waals surface area contributed by atoms with Crippen LogP contribution in [0.15, 0.2) is 54.6 Å². The molecule has 162 valence electrons. The Morgan fingerprint density at radius 3 is 2.42 bits per heavy atom. The van der Waals surface area contributed by atoms with Gasteiger partial charge in [0, 0.05) is 13.1 Å². The molecule has 2 aromatic carbocycles. The fourth-order valence-electron chi connectivity index (χ4n) is 4.05. The molecule has 1 aromatic heterocycles. The number of anilines is 1. The first kappa shape index (κ1) is 20.9. The van der Waals surface area contributed by atoms with Gasteiger partial charge in [0.25, 0.3) is 0 Å². The molecule has 3 amide bonds. The molecule has 2 atom stereocenters. The van der Waals surface area contributed by atoms with E-state index in [9.17, 15) is 9.59 Å². The largest absolute Gasteiger partial charge is 0.348 e. The van der Waals surface area contributed by atoms with Crippen LogP contribution in [0.1, 0.15) is 38.8 Å². The van der Waals surface area contributed by atoms with Crippen LogP contribution in [0.2, 0.25) is 0 Å². The summed E-state index contributed by atoms with van der Waals surface area (Å²) in [5, 5.41) is 6.00. The number of hydrogen-bond donors (Lipinski definition) is 2. The lowest BCUT2D eigenvalue weighted by Gasteiger charge is -2.25. The minimum absolute atomic E-state index is 0.142. The lowest BCUT2D eigenvalue weighted by Crippen LogP contribution is -2.52. The van der Waals surface area contributed by atoms with Gasteiger partial charge in [0.05, 0.1) is 17.1 Å². The van der Waals surface area contributed by atoms with Gasteiger partial charge in [0.15, 0.2) is 0 Å². The van der Waals surface area contributed by atoms with Crippen molar-refractivity contribution in [3.05, 3.63) is 60.2 Å². The van der Waals surface area contributed by atoms with Gasteiger partial charge in [-0.1, -0.05) is 56.3 Å². The van der Waals surface area contributed by atoms with E-state index in [-0.39, 0.29) is 23.9 Å². The average Bonchev–Trinajstić information content (AvgIpc) is 3.32. The molecule has 4 rings (SSSR count). The van der Waals surface area contributed by atoms with Gasteiger partial charge in [-0.3, -0.25) is 9.69 Å². The Morgan fingerprint density at radius 2 is 1.68 bits per heavy atom. The summed E-state index contributed by atoms with van der Waals surface area (Å²) in [5.74, 6) is 0.706. The van der Waals surface area contributed by atoms with Crippen LogP contribution >= 0.6 is 0 Å². The zero-order valence-electron chi connectivity index (χ0n) is 18.2. The minimum Gasteiger partial charge on any atom is -0.348 e. The molecule has 0 fully saturated rings. The lowest BCUT2D eigenvalue weighted by molar-refractivity contribution is -0.123. The van der Waals surface area contributed by atoms with E-state index < -0.39 is 6.04 Å². The zero-order chi connectivity index (χ0) is 22.0. The number of carbonyl (C=O) groups is 2. The number of fused-ring (bicyclic) bond motifs is 3. The second-order valence-corrected chi connectivity index (χ2v) is 8.48.